The van der Waals surface area contributed by atoms with E-state index in [9.17, 15) is 5.11 Å². The minimum Gasteiger partial charge on any atom is -0.508 e. The summed E-state index contributed by atoms with van der Waals surface area (Å²) >= 11 is 0. The van der Waals surface area contributed by atoms with Crippen molar-refractivity contribution < 1.29 is 14.6 Å². The van der Waals surface area contributed by atoms with Crippen molar-refractivity contribution in [2.24, 2.45) is 0 Å². The van der Waals surface area contributed by atoms with Crippen LogP contribution in [0.1, 0.15) is 0 Å². The van der Waals surface area contributed by atoms with Crippen LogP contribution in [0.5, 0.6) is 17.2 Å². The molecule has 4 aromatic rings. The van der Waals surface area contributed by atoms with Gasteiger partial charge in [-0.3, -0.25) is 9.38 Å². The number of rotatable bonds is 5. The van der Waals surface area contributed by atoms with Gasteiger partial charge in [-0.25, -0.2) is 4.98 Å². The van der Waals surface area contributed by atoms with E-state index >= 15 is 0 Å². The Morgan fingerprint density at radius 3 is 2.52 bits per heavy atom. The van der Waals surface area contributed by atoms with Gasteiger partial charge in [0.1, 0.15) is 17.3 Å². The van der Waals surface area contributed by atoms with E-state index in [1.807, 2.05) is 40.9 Å². The molecule has 136 valence electrons. The van der Waals surface area contributed by atoms with Gasteiger partial charge in [0.25, 0.3) is 0 Å². The molecule has 2 aromatic carbocycles. The summed E-state index contributed by atoms with van der Waals surface area (Å²) in [5.74, 6) is 2.28. The van der Waals surface area contributed by atoms with E-state index in [0.29, 0.717) is 17.1 Å². The molecule has 0 aliphatic heterocycles. The van der Waals surface area contributed by atoms with Gasteiger partial charge in [0, 0.05) is 29.7 Å². The average Bonchev–Trinajstić information content (AvgIpc) is 3.07. The summed E-state index contributed by atoms with van der Waals surface area (Å²) in [6.45, 7) is 0. The second-order valence-corrected chi connectivity index (χ2v) is 5.86. The third kappa shape index (κ3) is 3.10. The molecule has 2 heterocycles. The fraction of sp³-hybridized carbons (Fsp3) is 0.100. The highest BCUT2D eigenvalue weighted by Gasteiger charge is 2.15. The van der Waals surface area contributed by atoms with Crippen LogP contribution in [0.2, 0.25) is 0 Å². The normalized spacial score (nSPS) is 10.7. The van der Waals surface area contributed by atoms with E-state index in [0.717, 1.165) is 22.8 Å². The predicted octanol–water partition coefficient (Wildman–Crippen LogP) is 3.86. The molecule has 0 aliphatic carbocycles. The number of anilines is 2. The van der Waals surface area contributed by atoms with Crippen LogP contribution in [0.25, 0.3) is 16.9 Å². The summed E-state index contributed by atoms with van der Waals surface area (Å²) in [6, 6.07) is 12.5. The summed E-state index contributed by atoms with van der Waals surface area (Å²) in [7, 11) is 3.20. The summed E-state index contributed by atoms with van der Waals surface area (Å²) in [5, 5.41) is 13.0. The van der Waals surface area contributed by atoms with Crippen LogP contribution in [0.15, 0.2) is 61.1 Å². The number of methoxy groups -OCH3 is 2. The van der Waals surface area contributed by atoms with Crippen LogP contribution < -0.4 is 14.8 Å². The van der Waals surface area contributed by atoms with Gasteiger partial charge in [0.2, 0.25) is 0 Å². The number of hydrogen-bond donors (Lipinski definition) is 2. The van der Waals surface area contributed by atoms with Crippen molar-refractivity contribution in [2.45, 2.75) is 0 Å². The fourth-order valence-corrected chi connectivity index (χ4v) is 2.90. The molecule has 27 heavy (non-hydrogen) atoms. The highest BCUT2D eigenvalue weighted by atomic mass is 16.5. The lowest BCUT2D eigenvalue weighted by molar-refractivity contribution is 0.355. The molecular weight excluding hydrogens is 344 g/mol. The SMILES string of the molecule is COc1ccc(Nc2c(-c3ccc(O)cc3)nc3cnccn23)cc1OC. The fourth-order valence-electron chi connectivity index (χ4n) is 2.90. The smallest absolute Gasteiger partial charge is 0.162 e. The third-order valence-corrected chi connectivity index (χ3v) is 4.22. The first-order valence-corrected chi connectivity index (χ1v) is 8.30. The highest BCUT2D eigenvalue weighted by Crippen LogP contribution is 2.35. The molecule has 0 atom stereocenters. The molecule has 0 spiro atoms. The van der Waals surface area contributed by atoms with Gasteiger partial charge in [0.05, 0.1) is 20.4 Å². The minimum absolute atomic E-state index is 0.207. The van der Waals surface area contributed by atoms with Gasteiger partial charge >= 0.3 is 0 Å². The Bertz CT molecular complexity index is 1090. The van der Waals surface area contributed by atoms with E-state index in [1.165, 1.54) is 0 Å². The molecule has 2 N–H and O–H groups in total. The van der Waals surface area contributed by atoms with E-state index in [1.54, 1.807) is 38.7 Å². The molecule has 0 aliphatic rings. The lowest BCUT2D eigenvalue weighted by atomic mass is 10.1. The van der Waals surface area contributed by atoms with Crippen LogP contribution in [-0.4, -0.2) is 33.7 Å². The van der Waals surface area contributed by atoms with E-state index in [4.69, 9.17) is 9.47 Å². The van der Waals surface area contributed by atoms with Crippen LogP contribution in [0.3, 0.4) is 0 Å². The van der Waals surface area contributed by atoms with Gasteiger partial charge in [-0.15, -0.1) is 0 Å². The van der Waals surface area contributed by atoms with Crippen LogP contribution >= 0.6 is 0 Å². The van der Waals surface area contributed by atoms with Crippen molar-refractivity contribution in [3.05, 3.63) is 61.1 Å². The average molecular weight is 362 g/mol. The van der Waals surface area contributed by atoms with Crippen molar-refractivity contribution in [1.29, 1.82) is 0 Å². The number of phenolic OH excluding ortho intramolecular Hbond substituents is 1. The van der Waals surface area contributed by atoms with Crippen LogP contribution in [0.4, 0.5) is 11.5 Å². The Balaban J connectivity index is 1.83. The minimum atomic E-state index is 0.207. The number of imidazole rings is 1. The molecule has 7 nitrogen and oxygen atoms in total. The molecule has 7 heteroatoms. The molecule has 4 rings (SSSR count). The Hall–Kier alpha value is -3.74. The van der Waals surface area contributed by atoms with Crippen LogP contribution in [-0.2, 0) is 0 Å². The molecule has 2 aromatic heterocycles. The van der Waals surface area contributed by atoms with Gasteiger partial charge < -0.3 is 19.9 Å². The zero-order valence-corrected chi connectivity index (χ0v) is 14.9. The first-order valence-electron chi connectivity index (χ1n) is 8.30. The van der Waals surface area contributed by atoms with E-state index < -0.39 is 0 Å². The number of aromatic nitrogens is 3. The molecular formula is C20H18N4O3. The predicted molar refractivity (Wildman–Crippen MR) is 103 cm³/mol. The maximum atomic E-state index is 9.58. The molecule has 0 amide bonds. The maximum absolute atomic E-state index is 9.58. The molecule has 0 saturated heterocycles. The third-order valence-electron chi connectivity index (χ3n) is 4.22. The van der Waals surface area contributed by atoms with Crippen LogP contribution in [0, 0.1) is 0 Å². The Morgan fingerprint density at radius 1 is 1.00 bits per heavy atom. The zero-order chi connectivity index (χ0) is 18.8. The molecule has 0 fully saturated rings. The maximum Gasteiger partial charge on any atom is 0.162 e. The number of fused-ring (bicyclic) bond motifs is 1. The first kappa shape index (κ1) is 16.7. The number of ether oxygens (including phenoxy) is 2. The lowest BCUT2D eigenvalue weighted by Gasteiger charge is -2.12. The van der Waals surface area contributed by atoms with Gasteiger partial charge in [-0.1, -0.05) is 0 Å². The number of nitrogens with one attached hydrogen (secondary N) is 1. The Labute approximate surface area is 155 Å². The lowest BCUT2D eigenvalue weighted by Crippen LogP contribution is -1.98. The Kier molecular flexibility index (Phi) is 4.25. The number of aromatic hydroxyl groups is 1. The molecule has 0 radical (unpaired) electrons. The van der Waals surface area contributed by atoms with Crippen molar-refractivity contribution in [3.63, 3.8) is 0 Å². The quantitative estimate of drug-likeness (QED) is 0.561. The van der Waals surface area contributed by atoms with Gasteiger partial charge in [0.15, 0.2) is 17.1 Å². The number of benzene rings is 2. The summed E-state index contributed by atoms with van der Waals surface area (Å²) < 4.78 is 12.6. The summed E-state index contributed by atoms with van der Waals surface area (Å²) in [4.78, 5) is 8.83. The van der Waals surface area contributed by atoms with Crippen molar-refractivity contribution in [1.82, 2.24) is 14.4 Å². The van der Waals surface area contributed by atoms with Crippen molar-refractivity contribution in [3.8, 4) is 28.5 Å². The van der Waals surface area contributed by atoms with E-state index in [-0.39, 0.29) is 5.75 Å². The summed E-state index contributed by atoms with van der Waals surface area (Å²) in [5.41, 5.74) is 3.16. The highest BCUT2D eigenvalue weighted by molar-refractivity contribution is 5.80. The standard InChI is InChI=1S/C20H18N4O3/c1-26-16-8-5-14(11-17(16)27-2)22-20-19(13-3-6-15(25)7-4-13)23-18-12-21-9-10-24(18)20/h3-12,22,25H,1-2H3. The largest absolute Gasteiger partial charge is 0.508 e. The molecule has 0 saturated carbocycles. The first-order chi connectivity index (χ1) is 13.2. The van der Waals surface area contributed by atoms with E-state index in [2.05, 4.69) is 15.3 Å². The van der Waals surface area contributed by atoms with Gasteiger partial charge in [-0.05, 0) is 36.4 Å². The second kappa shape index (κ2) is 6.87. The number of phenols is 1. The van der Waals surface area contributed by atoms with Crippen molar-refractivity contribution in [2.75, 3.05) is 19.5 Å². The Morgan fingerprint density at radius 2 is 1.78 bits per heavy atom. The monoisotopic (exact) mass is 362 g/mol. The molecule has 0 unspecified atom stereocenters. The zero-order valence-electron chi connectivity index (χ0n) is 14.9. The molecule has 0 bridgehead atoms. The van der Waals surface area contributed by atoms with Crippen molar-refractivity contribution >= 4 is 17.2 Å². The second-order valence-electron chi connectivity index (χ2n) is 5.86. The number of hydrogen-bond acceptors (Lipinski definition) is 6. The summed E-state index contributed by atoms with van der Waals surface area (Å²) in [6.07, 6.45) is 5.24. The topological polar surface area (TPSA) is 80.9 Å². The van der Waals surface area contributed by atoms with Gasteiger partial charge in [-0.2, -0.15) is 0 Å². The number of nitrogens with zero attached hydrogens (tertiary/aromatic N) is 3.